The van der Waals surface area contributed by atoms with E-state index in [4.69, 9.17) is 4.74 Å². The van der Waals surface area contributed by atoms with E-state index in [0.717, 1.165) is 19.4 Å². The Labute approximate surface area is 125 Å². The first-order chi connectivity index (χ1) is 10.1. The maximum atomic E-state index is 12.6. The van der Waals surface area contributed by atoms with Crippen LogP contribution in [0.15, 0.2) is 24.3 Å². The predicted octanol–water partition coefficient (Wildman–Crippen LogP) is 3.27. The highest BCUT2D eigenvalue weighted by Crippen LogP contribution is 2.20. The van der Waals surface area contributed by atoms with Gasteiger partial charge in [-0.3, -0.25) is 10.1 Å². The van der Waals surface area contributed by atoms with Gasteiger partial charge in [-0.1, -0.05) is 6.07 Å². The van der Waals surface area contributed by atoms with Gasteiger partial charge in [0.2, 0.25) is 0 Å². The van der Waals surface area contributed by atoms with Gasteiger partial charge in [0.05, 0.1) is 6.61 Å². The highest BCUT2D eigenvalue weighted by atomic mass is 16.5. The number of carbonyl (C=O) groups excluding carboxylic acids is 2. The first kappa shape index (κ1) is 15.4. The van der Waals surface area contributed by atoms with E-state index in [1.54, 1.807) is 31.2 Å². The van der Waals surface area contributed by atoms with Crippen molar-refractivity contribution in [3.63, 3.8) is 0 Å². The summed E-state index contributed by atoms with van der Waals surface area (Å²) in [6, 6.07) is 7.25. The number of nitrogens with one attached hydrogen (secondary N) is 1. The van der Waals surface area contributed by atoms with E-state index in [1.807, 2.05) is 4.90 Å². The molecule has 114 valence electrons. The predicted molar refractivity (Wildman–Crippen MR) is 81.4 cm³/mol. The number of nitrogens with zero attached hydrogens (tertiary/aromatic N) is 1. The van der Waals surface area contributed by atoms with Gasteiger partial charge in [0.1, 0.15) is 0 Å². The molecule has 5 heteroatoms. The van der Waals surface area contributed by atoms with Gasteiger partial charge in [-0.2, -0.15) is 0 Å². The molecule has 5 nitrogen and oxygen atoms in total. The van der Waals surface area contributed by atoms with Gasteiger partial charge in [0.15, 0.2) is 0 Å². The van der Waals surface area contributed by atoms with Crippen molar-refractivity contribution in [1.82, 2.24) is 4.90 Å². The highest BCUT2D eigenvalue weighted by Gasteiger charge is 2.24. The zero-order chi connectivity index (χ0) is 15.2. The van der Waals surface area contributed by atoms with Crippen molar-refractivity contribution in [2.24, 2.45) is 0 Å². The number of hydrogen-bond donors (Lipinski definition) is 1. The number of ether oxygens (including phenoxy) is 1. The minimum absolute atomic E-state index is 0.0229. The number of amides is 2. The summed E-state index contributed by atoms with van der Waals surface area (Å²) in [5.41, 5.74) is 1.17. The number of carbonyl (C=O) groups is 2. The van der Waals surface area contributed by atoms with Crippen molar-refractivity contribution in [2.45, 2.75) is 39.2 Å². The van der Waals surface area contributed by atoms with Crippen molar-refractivity contribution in [2.75, 3.05) is 18.5 Å². The number of hydrogen-bond acceptors (Lipinski definition) is 3. The molecule has 0 spiro atoms. The van der Waals surface area contributed by atoms with Crippen LogP contribution in [0.5, 0.6) is 0 Å². The summed E-state index contributed by atoms with van der Waals surface area (Å²) in [5.74, 6) is 0.0229. The van der Waals surface area contributed by atoms with Crippen LogP contribution in [0.25, 0.3) is 0 Å². The Bertz CT molecular complexity index is 516. The quantitative estimate of drug-likeness (QED) is 0.929. The molecular weight excluding hydrogens is 268 g/mol. The molecule has 0 radical (unpaired) electrons. The van der Waals surface area contributed by atoms with Crippen LogP contribution < -0.4 is 5.32 Å². The van der Waals surface area contributed by atoms with Gasteiger partial charge in [0, 0.05) is 23.8 Å². The molecule has 1 N–H and O–H groups in total. The number of benzene rings is 1. The number of rotatable bonds is 3. The Hall–Kier alpha value is -2.04. The Balaban J connectivity index is 2.09. The lowest BCUT2D eigenvalue weighted by Gasteiger charge is -2.33. The van der Waals surface area contributed by atoms with E-state index >= 15 is 0 Å². The fourth-order valence-corrected chi connectivity index (χ4v) is 2.58. The van der Waals surface area contributed by atoms with Crippen molar-refractivity contribution in [3.8, 4) is 0 Å². The lowest BCUT2D eigenvalue weighted by molar-refractivity contribution is 0.0635. The summed E-state index contributed by atoms with van der Waals surface area (Å²) in [7, 11) is 0. The summed E-state index contributed by atoms with van der Waals surface area (Å²) in [4.78, 5) is 25.9. The van der Waals surface area contributed by atoms with Crippen molar-refractivity contribution in [3.05, 3.63) is 29.8 Å². The molecule has 1 heterocycles. The molecule has 0 aromatic heterocycles. The summed E-state index contributed by atoms with van der Waals surface area (Å²) in [6.45, 7) is 4.94. The molecule has 1 aliphatic heterocycles. The second-order valence-corrected chi connectivity index (χ2v) is 5.27. The van der Waals surface area contributed by atoms with E-state index in [-0.39, 0.29) is 11.9 Å². The average molecular weight is 290 g/mol. The van der Waals surface area contributed by atoms with Crippen LogP contribution in [0.2, 0.25) is 0 Å². The maximum Gasteiger partial charge on any atom is 0.411 e. The molecule has 1 saturated heterocycles. The Morgan fingerprint density at radius 1 is 1.38 bits per heavy atom. The van der Waals surface area contributed by atoms with Crippen LogP contribution in [0.4, 0.5) is 10.5 Å². The van der Waals surface area contributed by atoms with Gasteiger partial charge in [-0.05, 0) is 51.3 Å². The molecule has 1 aromatic rings. The van der Waals surface area contributed by atoms with Crippen LogP contribution in [-0.4, -0.2) is 36.1 Å². The lowest BCUT2D eigenvalue weighted by Crippen LogP contribution is -2.42. The third-order valence-electron chi connectivity index (χ3n) is 3.70. The molecule has 2 amide bonds. The van der Waals surface area contributed by atoms with E-state index in [9.17, 15) is 9.59 Å². The van der Waals surface area contributed by atoms with Gasteiger partial charge in [-0.25, -0.2) is 4.79 Å². The lowest BCUT2D eigenvalue weighted by atomic mass is 10.0. The number of anilines is 1. The minimum Gasteiger partial charge on any atom is -0.450 e. The molecule has 2 rings (SSSR count). The number of likely N-dealkylation sites (tertiary alicyclic amines) is 1. The Kier molecular flexibility index (Phi) is 5.20. The molecule has 1 atom stereocenters. The molecule has 0 aliphatic carbocycles. The Morgan fingerprint density at radius 2 is 2.19 bits per heavy atom. The molecular formula is C16H22N2O3. The second-order valence-electron chi connectivity index (χ2n) is 5.27. The molecule has 0 bridgehead atoms. The maximum absolute atomic E-state index is 12.6. The van der Waals surface area contributed by atoms with E-state index in [0.29, 0.717) is 17.9 Å². The van der Waals surface area contributed by atoms with Gasteiger partial charge < -0.3 is 9.64 Å². The van der Waals surface area contributed by atoms with E-state index < -0.39 is 6.09 Å². The summed E-state index contributed by atoms with van der Waals surface area (Å²) in [6.07, 6.45) is 2.77. The van der Waals surface area contributed by atoms with Crippen molar-refractivity contribution in [1.29, 1.82) is 0 Å². The molecule has 0 saturated carbocycles. The monoisotopic (exact) mass is 290 g/mol. The third-order valence-corrected chi connectivity index (χ3v) is 3.70. The second kappa shape index (κ2) is 7.11. The first-order valence-electron chi connectivity index (χ1n) is 7.46. The highest BCUT2D eigenvalue weighted by molar-refractivity contribution is 5.96. The topological polar surface area (TPSA) is 58.6 Å². The minimum atomic E-state index is -0.506. The molecule has 1 aromatic carbocycles. The smallest absolute Gasteiger partial charge is 0.411 e. The van der Waals surface area contributed by atoms with Crippen LogP contribution in [0, 0.1) is 0 Å². The Morgan fingerprint density at radius 3 is 2.90 bits per heavy atom. The first-order valence-corrected chi connectivity index (χ1v) is 7.46. The molecule has 1 unspecified atom stereocenters. The number of piperidine rings is 1. The summed E-state index contributed by atoms with van der Waals surface area (Å²) >= 11 is 0. The fourth-order valence-electron chi connectivity index (χ4n) is 2.58. The summed E-state index contributed by atoms with van der Waals surface area (Å²) in [5, 5.41) is 2.62. The van der Waals surface area contributed by atoms with E-state index in [2.05, 4.69) is 12.2 Å². The van der Waals surface area contributed by atoms with Crippen LogP contribution >= 0.6 is 0 Å². The molecule has 1 aliphatic rings. The zero-order valence-corrected chi connectivity index (χ0v) is 12.6. The van der Waals surface area contributed by atoms with Gasteiger partial charge in [0.25, 0.3) is 5.91 Å². The van der Waals surface area contributed by atoms with Gasteiger partial charge in [-0.15, -0.1) is 0 Å². The SMILES string of the molecule is CCOC(=O)Nc1cccc(C(=O)N2CCCCC2C)c1. The largest absolute Gasteiger partial charge is 0.450 e. The normalized spacial score (nSPS) is 18.2. The summed E-state index contributed by atoms with van der Waals surface area (Å²) < 4.78 is 4.83. The van der Waals surface area contributed by atoms with Crippen molar-refractivity contribution >= 4 is 17.7 Å². The van der Waals surface area contributed by atoms with Gasteiger partial charge >= 0.3 is 6.09 Å². The third kappa shape index (κ3) is 3.97. The van der Waals surface area contributed by atoms with E-state index in [1.165, 1.54) is 6.42 Å². The van der Waals surface area contributed by atoms with Crippen LogP contribution in [-0.2, 0) is 4.74 Å². The zero-order valence-electron chi connectivity index (χ0n) is 12.6. The average Bonchev–Trinajstić information content (AvgIpc) is 2.47. The molecule has 1 fully saturated rings. The van der Waals surface area contributed by atoms with Crippen LogP contribution in [0.3, 0.4) is 0 Å². The van der Waals surface area contributed by atoms with Crippen LogP contribution in [0.1, 0.15) is 43.5 Å². The van der Waals surface area contributed by atoms with Crippen molar-refractivity contribution < 1.29 is 14.3 Å². The standard InChI is InChI=1S/C16H22N2O3/c1-3-21-16(20)17-14-9-6-8-13(11-14)15(19)18-10-5-4-7-12(18)2/h6,8-9,11-12H,3-5,7,10H2,1-2H3,(H,17,20). The molecule has 21 heavy (non-hydrogen) atoms. The fraction of sp³-hybridized carbons (Fsp3) is 0.500.